The van der Waals surface area contributed by atoms with Crippen LogP contribution in [0.4, 0.5) is 32.0 Å². The molecule has 0 bridgehead atoms. The maximum Gasteiger partial charge on any atom is 0.457 e. The first kappa shape index (κ1) is 20.1. The lowest BCUT2D eigenvalue weighted by molar-refractivity contribution is -0.289. The van der Waals surface area contributed by atoms with Crippen LogP contribution in [0.15, 0.2) is 39.4 Å². The summed E-state index contributed by atoms with van der Waals surface area (Å²) < 4.78 is 84.4. The van der Waals surface area contributed by atoms with Crippen LogP contribution in [-0.2, 0) is 0 Å². The number of carbonyl (C=O) groups is 1. The van der Waals surface area contributed by atoms with E-state index in [-0.39, 0.29) is 15.7 Å². The molecule has 11 heteroatoms. The van der Waals surface area contributed by atoms with Crippen LogP contribution in [-0.4, -0.2) is 24.2 Å². The lowest BCUT2D eigenvalue weighted by atomic mass is 10.2. The van der Waals surface area contributed by atoms with E-state index in [1.54, 1.807) is 5.32 Å². The molecule has 0 aliphatic carbocycles. The second-order valence-corrected chi connectivity index (χ2v) is 6.18. The molecule has 1 atom stereocenters. The number of amides is 1. The van der Waals surface area contributed by atoms with Gasteiger partial charge in [-0.3, -0.25) is 4.79 Å². The van der Waals surface area contributed by atoms with Gasteiger partial charge in [-0.25, -0.2) is 4.39 Å². The highest BCUT2D eigenvalue weighted by Crippen LogP contribution is 2.38. The zero-order valence-electron chi connectivity index (χ0n) is 12.9. The number of carbonyl (C=O) groups excluding carboxylic acids is 1. The average Bonchev–Trinajstić information content (AvgIpc) is 2.95. The minimum Gasteiger partial charge on any atom is -0.458 e. The van der Waals surface area contributed by atoms with Crippen molar-refractivity contribution in [3.63, 3.8) is 0 Å². The highest BCUT2D eigenvalue weighted by molar-refractivity contribution is 9.10. The lowest BCUT2D eigenvalue weighted by Crippen LogP contribution is -2.59. The highest BCUT2D eigenvalue weighted by Gasteiger charge is 2.63. The van der Waals surface area contributed by atoms with Crippen LogP contribution in [0, 0.1) is 12.7 Å². The molecule has 1 aromatic heterocycles. The molecule has 0 spiro atoms. The first-order valence-corrected chi connectivity index (χ1v) is 7.73. The molecular formula is C15H11BrF6N2O2. The van der Waals surface area contributed by atoms with Crippen LogP contribution in [0.3, 0.4) is 0 Å². The summed E-state index contributed by atoms with van der Waals surface area (Å²) in [6.45, 7) is 1.39. The molecule has 4 nitrogen and oxygen atoms in total. The number of benzene rings is 1. The Kier molecular flexibility index (Phi) is 5.59. The van der Waals surface area contributed by atoms with Crippen LogP contribution in [0.5, 0.6) is 0 Å². The molecule has 2 rings (SSSR count). The number of halogens is 7. The second kappa shape index (κ2) is 7.22. The van der Waals surface area contributed by atoms with Crippen molar-refractivity contribution in [1.29, 1.82) is 0 Å². The van der Waals surface area contributed by atoms with Crippen molar-refractivity contribution >= 4 is 27.5 Å². The highest BCUT2D eigenvalue weighted by atomic mass is 79.9. The Hall–Kier alpha value is -2.17. The Morgan fingerprint density at radius 3 is 2.35 bits per heavy atom. The molecule has 1 aromatic carbocycles. The Balaban J connectivity index is 2.32. The van der Waals surface area contributed by atoms with Crippen molar-refractivity contribution in [2.24, 2.45) is 0 Å². The van der Waals surface area contributed by atoms with Gasteiger partial charge in [-0.05, 0) is 40.5 Å². The molecule has 1 heterocycles. The van der Waals surface area contributed by atoms with Crippen molar-refractivity contribution < 1.29 is 35.6 Å². The summed E-state index contributed by atoms with van der Waals surface area (Å²) in [6.07, 6.45) is -7.82. The molecule has 2 N–H and O–H groups in total. The van der Waals surface area contributed by atoms with Crippen molar-refractivity contribution in [3.05, 3.63) is 52.1 Å². The summed E-state index contributed by atoms with van der Waals surface area (Å²) in [5, 5.41) is 3.32. The third-order valence-corrected chi connectivity index (χ3v) is 3.71. The summed E-state index contributed by atoms with van der Waals surface area (Å²) >= 11 is 2.95. The van der Waals surface area contributed by atoms with E-state index in [0.29, 0.717) is 0 Å². The van der Waals surface area contributed by atoms with Gasteiger partial charge in [0.15, 0.2) is 11.9 Å². The number of anilines is 1. The van der Waals surface area contributed by atoms with E-state index >= 15 is 0 Å². The second-order valence-electron chi connectivity index (χ2n) is 5.26. The topological polar surface area (TPSA) is 54.3 Å². The molecule has 0 aliphatic heterocycles. The largest absolute Gasteiger partial charge is 0.458 e. The van der Waals surface area contributed by atoms with Crippen molar-refractivity contribution in [2.75, 3.05) is 5.32 Å². The minimum atomic E-state index is -5.97. The maximum absolute atomic E-state index is 13.8. The third kappa shape index (κ3) is 4.32. The Morgan fingerprint density at radius 1 is 1.19 bits per heavy atom. The summed E-state index contributed by atoms with van der Waals surface area (Å²) in [5.74, 6) is -7.97. The standard InChI is InChI=1S/C15H11BrF6N2O2/c1-7-2-3-9(5-10(7)17)23-13(14(18,19)15(20,21)22)24-12(25)11-4-8(16)6-26-11/h2-6,13,23H,1H3,(H,24,25). The van der Waals surface area contributed by atoms with Gasteiger partial charge >= 0.3 is 12.1 Å². The Morgan fingerprint density at radius 2 is 1.85 bits per heavy atom. The molecule has 2 aromatic rings. The fourth-order valence-electron chi connectivity index (χ4n) is 1.86. The minimum absolute atomic E-state index is 0.166. The van der Waals surface area contributed by atoms with Gasteiger partial charge in [0.25, 0.3) is 5.91 Å². The number of furan rings is 1. The van der Waals surface area contributed by atoms with E-state index < -0.39 is 35.7 Å². The van der Waals surface area contributed by atoms with Crippen LogP contribution >= 0.6 is 15.9 Å². The lowest BCUT2D eigenvalue weighted by Gasteiger charge is -2.30. The summed E-state index contributed by atoms with van der Waals surface area (Å²) in [4.78, 5) is 11.9. The van der Waals surface area contributed by atoms with E-state index in [1.165, 1.54) is 18.3 Å². The molecule has 142 valence electrons. The molecule has 0 saturated heterocycles. The van der Waals surface area contributed by atoms with Crippen molar-refractivity contribution in [3.8, 4) is 0 Å². The number of aryl methyl sites for hydroxylation is 1. The molecular weight excluding hydrogens is 434 g/mol. The number of nitrogens with one attached hydrogen (secondary N) is 2. The van der Waals surface area contributed by atoms with Gasteiger partial charge in [0.05, 0.1) is 4.47 Å². The molecule has 0 saturated carbocycles. The molecule has 0 radical (unpaired) electrons. The number of rotatable bonds is 5. The first-order valence-electron chi connectivity index (χ1n) is 6.94. The van der Waals surface area contributed by atoms with Crippen LogP contribution in [0.25, 0.3) is 0 Å². The van der Waals surface area contributed by atoms with Crippen LogP contribution in [0.1, 0.15) is 16.1 Å². The van der Waals surface area contributed by atoms with Gasteiger partial charge in [0, 0.05) is 11.8 Å². The van der Waals surface area contributed by atoms with E-state index in [9.17, 15) is 31.1 Å². The van der Waals surface area contributed by atoms with Crippen molar-refractivity contribution in [2.45, 2.75) is 25.2 Å². The molecule has 1 amide bonds. The summed E-state index contributed by atoms with van der Waals surface area (Å²) in [7, 11) is 0. The number of hydrogen-bond donors (Lipinski definition) is 2. The van der Waals surface area contributed by atoms with Gasteiger partial charge < -0.3 is 15.1 Å². The Labute approximate surface area is 151 Å². The fourth-order valence-corrected chi connectivity index (χ4v) is 2.17. The zero-order valence-corrected chi connectivity index (χ0v) is 14.5. The van der Waals surface area contributed by atoms with Gasteiger partial charge in [0.1, 0.15) is 12.1 Å². The smallest absolute Gasteiger partial charge is 0.457 e. The Bertz CT molecular complexity index is 806. The normalized spacial score (nSPS) is 13.4. The van der Waals surface area contributed by atoms with Gasteiger partial charge in [-0.15, -0.1) is 0 Å². The fraction of sp³-hybridized carbons (Fsp3) is 0.267. The van der Waals surface area contributed by atoms with Crippen LogP contribution < -0.4 is 10.6 Å². The molecule has 26 heavy (non-hydrogen) atoms. The monoisotopic (exact) mass is 444 g/mol. The first-order chi connectivity index (χ1) is 11.9. The van der Waals surface area contributed by atoms with Gasteiger partial charge in [-0.1, -0.05) is 6.07 Å². The molecule has 0 aliphatic rings. The van der Waals surface area contributed by atoms with E-state index in [4.69, 9.17) is 4.42 Å². The van der Waals surface area contributed by atoms with E-state index in [1.807, 2.05) is 0 Å². The quantitative estimate of drug-likeness (QED) is 0.511. The number of alkyl halides is 5. The SMILES string of the molecule is Cc1ccc(NC(NC(=O)c2cc(Br)co2)C(F)(F)C(F)(F)F)cc1F. The average molecular weight is 445 g/mol. The van der Waals surface area contributed by atoms with E-state index in [0.717, 1.165) is 24.5 Å². The van der Waals surface area contributed by atoms with Gasteiger partial charge in [-0.2, -0.15) is 22.0 Å². The predicted molar refractivity (Wildman–Crippen MR) is 83.4 cm³/mol. The van der Waals surface area contributed by atoms with Crippen LogP contribution in [0.2, 0.25) is 0 Å². The maximum atomic E-state index is 13.8. The number of hydrogen-bond acceptors (Lipinski definition) is 3. The predicted octanol–water partition coefficient (Wildman–Crippen LogP) is 4.86. The zero-order chi connectivity index (χ0) is 19.7. The van der Waals surface area contributed by atoms with E-state index in [2.05, 4.69) is 15.9 Å². The van der Waals surface area contributed by atoms with Crippen molar-refractivity contribution in [1.82, 2.24) is 5.32 Å². The molecule has 0 fully saturated rings. The van der Waals surface area contributed by atoms with Gasteiger partial charge in [0.2, 0.25) is 0 Å². The molecule has 1 unspecified atom stereocenters. The summed E-state index contributed by atoms with van der Waals surface area (Å²) in [6, 6.07) is 4.12. The third-order valence-electron chi connectivity index (χ3n) is 3.29. The summed E-state index contributed by atoms with van der Waals surface area (Å²) in [5.41, 5.74) is -0.206.